The third kappa shape index (κ3) is 3.95. The molecule has 2 N–H and O–H groups in total. The summed E-state index contributed by atoms with van der Waals surface area (Å²) >= 11 is 0. The van der Waals surface area contributed by atoms with Gasteiger partial charge in [0.2, 0.25) is 0 Å². The largest absolute Gasteiger partial charge is 0.366 e. The Balaban J connectivity index is 1.64. The third-order valence-electron chi connectivity index (χ3n) is 3.36. The molecule has 0 aliphatic rings. The second kappa shape index (κ2) is 6.91. The van der Waals surface area contributed by atoms with Crippen LogP contribution in [0.5, 0.6) is 0 Å². The van der Waals surface area contributed by atoms with Gasteiger partial charge in [0.15, 0.2) is 5.82 Å². The van der Waals surface area contributed by atoms with Gasteiger partial charge in [0.1, 0.15) is 23.6 Å². The standard InChI is InChI=1S/C17H17N5O2/c1-11-3-5-13(6-4-11)9-18-15-8-14(19-10-20-15)17(23)21-16-7-12(2)24-22-16/h3-8,10H,9H2,1-2H3,(H,18,19,20)(H,21,22,23). The Kier molecular flexibility index (Phi) is 4.51. The average Bonchev–Trinajstić information content (AvgIpc) is 2.99. The smallest absolute Gasteiger partial charge is 0.275 e. The van der Waals surface area contributed by atoms with Crippen LogP contribution in [0.4, 0.5) is 11.6 Å². The number of anilines is 2. The van der Waals surface area contributed by atoms with Gasteiger partial charge in [-0.25, -0.2) is 9.97 Å². The van der Waals surface area contributed by atoms with Crippen molar-refractivity contribution in [1.82, 2.24) is 15.1 Å². The van der Waals surface area contributed by atoms with E-state index >= 15 is 0 Å². The zero-order chi connectivity index (χ0) is 16.9. The lowest BCUT2D eigenvalue weighted by Crippen LogP contribution is -2.15. The van der Waals surface area contributed by atoms with Gasteiger partial charge in [-0.15, -0.1) is 0 Å². The summed E-state index contributed by atoms with van der Waals surface area (Å²) in [6.07, 6.45) is 1.35. The van der Waals surface area contributed by atoms with E-state index in [1.54, 1.807) is 19.1 Å². The van der Waals surface area contributed by atoms with Gasteiger partial charge in [0.25, 0.3) is 5.91 Å². The molecule has 0 saturated heterocycles. The maximum Gasteiger partial charge on any atom is 0.275 e. The molecule has 3 rings (SSSR count). The topological polar surface area (TPSA) is 92.9 Å². The summed E-state index contributed by atoms with van der Waals surface area (Å²) in [7, 11) is 0. The van der Waals surface area contributed by atoms with Crippen LogP contribution in [-0.4, -0.2) is 21.0 Å². The first-order valence-corrected chi connectivity index (χ1v) is 7.46. The molecule has 0 saturated carbocycles. The molecular weight excluding hydrogens is 306 g/mol. The number of benzene rings is 1. The fourth-order valence-corrected chi connectivity index (χ4v) is 2.08. The Bertz CT molecular complexity index is 842. The molecule has 2 heterocycles. The lowest BCUT2D eigenvalue weighted by molar-refractivity contribution is 0.102. The Morgan fingerprint density at radius 3 is 2.58 bits per heavy atom. The van der Waals surface area contributed by atoms with E-state index in [2.05, 4.69) is 37.9 Å². The summed E-state index contributed by atoms with van der Waals surface area (Å²) in [6.45, 7) is 4.41. The molecule has 0 aliphatic heterocycles. The summed E-state index contributed by atoms with van der Waals surface area (Å²) in [5, 5.41) is 9.52. The van der Waals surface area contributed by atoms with E-state index in [4.69, 9.17) is 4.52 Å². The van der Waals surface area contributed by atoms with Crippen LogP contribution in [0, 0.1) is 13.8 Å². The molecule has 7 heteroatoms. The normalized spacial score (nSPS) is 10.4. The van der Waals surface area contributed by atoms with E-state index in [-0.39, 0.29) is 11.6 Å². The molecule has 0 unspecified atom stereocenters. The van der Waals surface area contributed by atoms with Crippen molar-refractivity contribution in [3.63, 3.8) is 0 Å². The van der Waals surface area contributed by atoms with Crippen LogP contribution in [0.1, 0.15) is 27.4 Å². The van der Waals surface area contributed by atoms with Gasteiger partial charge in [0, 0.05) is 18.7 Å². The van der Waals surface area contributed by atoms with Crippen molar-refractivity contribution in [2.45, 2.75) is 20.4 Å². The highest BCUT2D eigenvalue weighted by atomic mass is 16.5. The predicted molar refractivity (Wildman–Crippen MR) is 89.7 cm³/mol. The zero-order valence-corrected chi connectivity index (χ0v) is 13.4. The minimum atomic E-state index is -0.371. The summed E-state index contributed by atoms with van der Waals surface area (Å²) in [4.78, 5) is 20.3. The highest BCUT2D eigenvalue weighted by Crippen LogP contribution is 2.11. The van der Waals surface area contributed by atoms with E-state index in [0.717, 1.165) is 5.56 Å². The molecular formula is C17H17N5O2. The van der Waals surface area contributed by atoms with E-state index in [1.165, 1.54) is 11.9 Å². The van der Waals surface area contributed by atoms with Crippen molar-refractivity contribution < 1.29 is 9.32 Å². The number of aryl methyl sites for hydroxylation is 2. The van der Waals surface area contributed by atoms with E-state index < -0.39 is 0 Å². The summed E-state index contributed by atoms with van der Waals surface area (Å²) < 4.78 is 4.91. The first-order valence-electron chi connectivity index (χ1n) is 7.46. The SMILES string of the molecule is Cc1ccc(CNc2cc(C(=O)Nc3cc(C)on3)ncn2)cc1. The molecule has 1 amide bonds. The molecule has 0 bridgehead atoms. The molecule has 0 spiro atoms. The van der Waals surface area contributed by atoms with E-state index in [9.17, 15) is 4.79 Å². The fourth-order valence-electron chi connectivity index (χ4n) is 2.08. The molecule has 0 aliphatic carbocycles. The number of nitrogens with one attached hydrogen (secondary N) is 2. The quantitative estimate of drug-likeness (QED) is 0.750. The lowest BCUT2D eigenvalue weighted by atomic mass is 10.1. The Morgan fingerprint density at radius 2 is 1.88 bits per heavy atom. The zero-order valence-electron chi connectivity index (χ0n) is 13.4. The number of carbonyl (C=O) groups excluding carboxylic acids is 1. The third-order valence-corrected chi connectivity index (χ3v) is 3.36. The van der Waals surface area contributed by atoms with Crippen molar-refractivity contribution in [3.8, 4) is 0 Å². The van der Waals surface area contributed by atoms with Gasteiger partial charge >= 0.3 is 0 Å². The number of nitrogens with zero attached hydrogens (tertiary/aromatic N) is 3. The average molecular weight is 323 g/mol. The maximum absolute atomic E-state index is 12.2. The van der Waals surface area contributed by atoms with Crippen molar-refractivity contribution in [2.24, 2.45) is 0 Å². The van der Waals surface area contributed by atoms with Gasteiger partial charge in [-0.1, -0.05) is 35.0 Å². The van der Waals surface area contributed by atoms with Crippen LogP contribution in [0.3, 0.4) is 0 Å². The molecule has 0 fully saturated rings. The van der Waals surface area contributed by atoms with Crippen LogP contribution >= 0.6 is 0 Å². The second-order valence-corrected chi connectivity index (χ2v) is 5.40. The van der Waals surface area contributed by atoms with Crippen LogP contribution in [0.2, 0.25) is 0 Å². The summed E-state index contributed by atoms with van der Waals surface area (Å²) in [5.74, 6) is 1.18. The monoisotopic (exact) mass is 323 g/mol. The van der Waals surface area contributed by atoms with Gasteiger partial charge in [-0.05, 0) is 19.4 Å². The molecule has 0 atom stereocenters. The second-order valence-electron chi connectivity index (χ2n) is 5.40. The lowest BCUT2D eigenvalue weighted by Gasteiger charge is -2.07. The first-order chi connectivity index (χ1) is 11.6. The van der Waals surface area contributed by atoms with Gasteiger partial charge in [-0.3, -0.25) is 4.79 Å². The molecule has 2 aromatic heterocycles. The van der Waals surface area contributed by atoms with Gasteiger partial charge in [-0.2, -0.15) is 0 Å². The van der Waals surface area contributed by atoms with Crippen molar-refractivity contribution in [3.05, 3.63) is 65.3 Å². The molecule has 24 heavy (non-hydrogen) atoms. The number of amides is 1. The highest BCUT2D eigenvalue weighted by molar-refractivity contribution is 6.02. The molecule has 0 radical (unpaired) electrons. The molecule has 1 aromatic carbocycles. The van der Waals surface area contributed by atoms with Crippen LogP contribution in [-0.2, 0) is 6.54 Å². The predicted octanol–water partition coefficient (Wildman–Crippen LogP) is 2.95. The summed E-state index contributed by atoms with van der Waals surface area (Å²) in [5.41, 5.74) is 2.59. The van der Waals surface area contributed by atoms with Crippen LogP contribution in [0.15, 0.2) is 47.2 Å². The van der Waals surface area contributed by atoms with Crippen molar-refractivity contribution in [1.29, 1.82) is 0 Å². The Labute approximate surface area is 139 Å². The van der Waals surface area contributed by atoms with E-state index in [1.807, 2.05) is 19.1 Å². The van der Waals surface area contributed by atoms with Crippen LogP contribution in [0.25, 0.3) is 0 Å². The van der Waals surface area contributed by atoms with Gasteiger partial charge in [0.05, 0.1) is 0 Å². The minimum Gasteiger partial charge on any atom is -0.366 e. The first kappa shape index (κ1) is 15.7. The molecule has 7 nitrogen and oxygen atoms in total. The summed E-state index contributed by atoms with van der Waals surface area (Å²) in [6, 6.07) is 11.4. The fraction of sp³-hybridized carbons (Fsp3) is 0.176. The van der Waals surface area contributed by atoms with Crippen molar-refractivity contribution in [2.75, 3.05) is 10.6 Å². The minimum absolute atomic E-state index is 0.247. The Hall–Kier alpha value is -3.22. The number of hydrogen-bond donors (Lipinski definition) is 2. The van der Waals surface area contributed by atoms with Crippen molar-refractivity contribution >= 4 is 17.5 Å². The highest BCUT2D eigenvalue weighted by Gasteiger charge is 2.11. The number of carbonyl (C=O) groups is 1. The number of aromatic nitrogens is 3. The molecule has 122 valence electrons. The number of rotatable bonds is 5. The maximum atomic E-state index is 12.2. The molecule has 3 aromatic rings. The number of hydrogen-bond acceptors (Lipinski definition) is 6. The van der Waals surface area contributed by atoms with Gasteiger partial charge < -0.3 is 15.2 Å². The Morgan fingerprint density at radius 1 is 1.08 bits per heavy atom. The van der Waals surface area contributed by atoms with E-state index in [0.29, 0.717) is 23.9 Å². The van der Waals surface area contributed by atoms with Crippen LogP contribution < -0.4 is 10.6 Å².